The number of aliphatic hydroxyl groups excluding tert-OH is 1. The second-order valence-electron chi connectivity index (χ2n) is 13.2. The van der Waals surface area contributed by atoms with Gasteiger partial charge in [0.1, 0.15) is 40.4 Å². The Labute approximate surface area is 329 Å². The minimum atomic E-state index is -0.993. The number of nitrogens with zero attached hydrogens (tertiary/aromatic N) is 3. The number of halogens is 1. The SMILES string of the molecule is CB(O)N1C[C@H](O)C[C@H]1C(=O)O.CC(C)(C)[O-].COC(=O)[C@@H]1C[C@@H](Oc2ccc3c(OC)cnc(Cl)c3c2)CN1C(=O)OC(C)(C)C.[K+]. The Morgan fingerprint density at radius 3 is 2.12 bits per heavy atom. The van der Waals surface area contributed by atoms with Crippen molar-refractivity contribution in [3.8, 4) is 11.5 Å². The van der Waals surface area contributed by atoms with Crippen LogP contribution in [-0.4, -0.2) is 118 Å². The number of hydrogen-bond donors (Lipinski definition) is 3. The number of benzene rings is 1. The monoisotopic (exact) mass is 721 g/mol. The zero-order chi connectivity index (χ0) is 35.9. The summed E-state index contributed by atoms with van der Waals surface area (Å²) in [6.07, 6.45) is 0.396. The molecule has 4 rings (SSSR count). The molecule has 262 valence electrons. The molecule has 0 unspecified atom stereocenters. The van der Waals surface area contributed by atoms with Crippen LogP contribution in [0.15, 0.2) is 24.4 Å². The molecule has 14 nitrogen and oxygen atoms in total. The van der Waals surface area contributed by atoms with Crippen molar-refractivity contribution >= 4 is 47.5 Å². The van der Waals surface area contributed by atoms with Crippen LogP contribution >= 0.6 is 11.6 Å². The first-order valence-corrected chi connectivity index (χ1v) is 15.4. The quantitative estimate of drug-likeness (QED) is 0.199. The van der Waals surface area contributed by atoms with Crippen LogP contribution < -0.4 is 66.0 Å². The Kier molecular flexibility index (Phi) is 17.6. The summed E-state index contributed by atoms with van der Waals surface area (Å²) in [6.45, 7) is 12.1. The zero-order valence-electron chi connectivity index (χ0n) is 29.4. The first kappa shape index (κ1) is 44.3. The number of β-amino-alcohol motifs (C(OH)–C–C–N with tert-alkyl or cyclic N) is 1. The van der Waals surface area contributed by atoms with Gasteiger partial charge in [0.2, 0.25) is 0 Å². The van der Waals surface area contributed by atoms with Crippen LogP contribution in [0.2, 0.25) is 12.0 Å². The number of hydrogen-bond acceptors (Lipinski definition) is 12. The van der Waals surface area contributed by atoms with Gasteiger partial charge in [0, 0.05) is 23.7 Å². The van der Waals surface area contributed by atoms with Gasteiger partial charge in [-0.1, -0.05) is 32.4 Å². The van der Waals surface area contributed by atoms with E-state index in [-0.39, 0.29) is 77.3 Å². The summed E-state index contributed by atoms with van der Waals surface area (Å²) in [5.74, 6) is -0.363. The van der Waals surface area contributed by atoms with Crippen molar-refractivity contribution in [2.24, 2.45) is 0 Å². The van der Waals surface area contributed by atoms with Crippen LogP contribution in [0.25, 0.3) is 10.8 Å². The Morgan fingerprint density at radius 1 is 1.04 bits per heavy atom. The van der Waals surface area contributed by atoms with Crippen molar-refractivity contribution in [2.45, 2.75) is 96.7 Å². The van der Waals surface area contributed by atoms with E-state index in [9.17, 15) is 19.5 Å². The number of amides is 1. The molecule has 0 bridgehead atoms. The Balaban J connectivity index is 0.000000529. The van der Waals surface area contributed by atoms with Gasteiger partial charge in [-0.25, -0.2) is 14.6 Å². The van der Waals surface area contributed by atoms with E-state index in [4.69, 9.17) is 45.8 Å². The normalized spacial score (nSPS) is 20.7. The van der Waals surface area contributed by atoms with Crippen LogP contribution in [-0.2, 0) is 19.1 Å². The number of esters is 1. The molecule has 2 aromatic rings. The van der Waals surface area contributed by atoms with Gasteiger partial charge < -0.3 is 44.1 Å². The van der Waals surface area contributed by atoms with Crippen LogP contribution in [0.4, 0.5) is 4.79 Å². The van der Waals surface area contributed by atoms with E-state index in [1.165, 1.54) is 23.6 Å². The summed E-state index contributed by atoms with van der Waals surface area (Å²) in [6, 6.07) is 3.84. The number of aromatic nitrogens is 1. The Bertz CT molecular complexity index is 1380. The predicted octanol–water partition coefficient (Wildman–Crippen LogP) is -0.408. The van der Waals surface area contributed by atoms with E-state index in [0.29, 0.717) is 22.0 Å². The number of aliphatic carboxylic acids is 1. The first-order chi connectivity index (χ1) is 21.6. The van der Waals surface area contributed by atoms with Gasteiger partial charge in [0.25, 0.3) is 0 Å². The summed E-state index contributed by atoms with van der Waals surface area (Å²) < 4.78 is 21.7. The topological polar surface area (TPSA) is 191 Å². The van der Waals surface area contributed by atoms with Gasteiger partial charge in [0.05, 0.1) is 33.1 Å². The molecule has 1 aromatic carbocycles. The molecule has 4 atom stereocenters. The number of ether oxygens (including phenoxy) is 4. The molecular formula is C31H46BClKN3O11. The second-order valence-corrected chi connectivity index (χ2v) is 13.5. The van der Waals surface area contributed by atoms with E-state index in [0.717, 1.165) is 5.39 Å². The molecular weight excluding hydrogens is 676 g/mol. The number of rotatable bonds is 6. The molecule has 0 spiro atoms. The van der Waals surface area contributed by atoms with E-state index in [1.807, 2.05) is 6.07 Å². The minimum absolute atomic E-state index is 0. The van der Waals surface area contributed by atoms with E-state index < -0.39 is 60.6 Å². The van der Waals surface area contributed by atoms with Gasteiger partial charge in [-0.15, -0.1) is 5.60 Å². The number of carboxylic acids is 1. The fourth-order valence-electron chi connectivity index (χ4n) is 4.85. The number of carbonyl (C=O) groups excluding carboxylic acids is 2. The maximum atomic E-state index is 12.6. The molecule has 2 saturated heterocycles. The number of aliphatic hydroxyl groups is 1. The molecule has 17 heteroatoms. The molecule has 0 saturated carbocycles. The molecule has 3 heterocycles. The first-order valence-electron chi connectivity index (χ1n) is 15.1. The van der Waals surface area contributed by atoms with Gasteiger partial charge in [-0.05, 0) is 52.2 Å². The summed E-state index contributed by atoms with van der Waals surface area (Å²) >= 11 is 6.23. The van der Waals surface area contributed by atoms with Crippen molar-refractivity contribution in [1.29, 1.82) is 0 Å². The molecule has 0 aliphatic carbocycles. The Morgan fingerprint density at radius 2 is 1.65 bits per heavy atom. The maximum absolute atomic E-state index is 12.6. The van der Waals surface area contributed by atoms with Crippen molar-refractivity contribution < 1.29 is 105 Å². The standard InChI is InChI=1S/C21H25ClN2O6.C6H12BNO4.C4H9O.K/c1-21(2,3)30-20(26)24-11-13(9-16(24)19(25)28-5)29-12-6-7-14-15(8-12)18(22)23-10-17(14)27-4;1-7(12)8-3-4(9)2-5(8)6(10)11;1-4(2,3)5;/h6-8,10,13,16H,9,11H2,1-5H3;4-5,9,12H,2-3H2,1H3,(H,10,11);1-3H3;/q;;-1;+1/t13-,16+;4-,5+;;/m11../s1. The number of likely N-dealkylation sites (tertiary alicyclic amines) is 1. The molecule has 2 aliphatic rings. The van der Waals surface area contributed by atoms with Crippen LogP contribution in [0.1, 0.15) is 54.4 Å². The number of pyridine rings is 1. The predicted molar refractivity (Wildman–Crippen MR) is 173 cm³/mol. The molecule has 1 amide bonds. The second kappa shape index (κ2) is 19.0. The summed E-state index contributed by atoms with van der Waals surface area (Å²) in [7, 11) is 2.03. The van der Waals surface area contributed by atoms with Gasteiger partial charge >= 0.3 is 76.5 Å². The summed E-state index contributed by atoms with van der Waals surface area (Å²) in [5, 5.41) is 38.9. The number of carboxylic acid groups (broad SMARTS) is 1. The van der Waals surface area contributed by atoms with Crippen LogP contribution in [0.3, 0.4) is 0 Å². The largest absolute Gasteiger partial charge is 1.00 e. The zero-order valence-corrected chi connectivity index (χ0v) is 33.2. The van der Waals surface area contributed by atoms with Crippen LogP contribution in [0.5, 0.6) is 11.5 Å². The van der Waals surface area contributed by atoms with Gasteiger partial charge in [0.15, 0.2) is 0 Å². The van der Waals surface area contributed by atoms with Crippen molar-refractivity contribution in [2.75, 3.05) is 27.3 Å². The fraction of sp³-hybridized carbons (Fsp3) is 0.613. The number of fused-ring (bicyclic) bond motifs is 1. The molecule has 3 N–H and O–H groups in total. The molecule has 2 fully saturated rings. The summed E-state index contributed by atoms with van der Waals surface area (Å²) in [5.41, 5.74) is -1.43. The Hall–Kier alpha value is -1.73. The van der Waals surface area contributed by atoms with Crippen molar-refractivity contribution in [3.05, 3.63) is 29.5 Å². The third-order valence-corrected chi connectivity index (χ3v) is 7.04. The third kappa shape index (κ3) is 13.9. The average Bonchev–Trinajstić information content (AvgIpc) is 3.56. The molecule has 0 radical (unpaired) electrons. The van der Waals surface area contributed by atoms with Crippen LogP contribution in [0, 0.1) is 0 Å². The fourth-order valence-corrected chi connectivity index (χ4v) is 5.06. The molecule has 2 aliphatic heterocycles. The maximum Gasteiger partial charge on any atom is 1.00 e. The van der Waals surface area contributed by atoms with Crippen molar-refractivity contribution in [3.63, 3.8) is 0 Å². The number of methoxy groups -OCH3 is 2. The van der Waals surface area contributed by atoms with Crippen molar-refractivity contribution in [1.82, 2.24) is 14.7 Å². The number of carbonyl (C=O) groups is 3. The van der Waals surface area contributed by atoms with Gasteiger partial charge in [-0.2, -0.15) is 0 Å². The third-order valence-electron chi connectivity index (χ3n) is 6.74. The van der Waals surface area contributed by atoms with E-state index >= 15 is 0 Å². The summed E-state index contributed by atoms with van der Waals surface area (Å²) in [4.78, 5) is 42.2. The smallest absolute Gasteiger partial charge is 0.850 e. The van der Waals surface area contributed by atoms with E-state index in [1.54, 1.807) is 67.0 Å². The minimum Gasteiger partial charge on any atom is -0.850 e. The average molecular weight is 722 g/mol. The molecule has 1 aromatic heterocycles. The molecule has 48 heavy (non-hydrogen) atoms. The van der Waals surface area contributed by atoms with E-state index in [2.05, 4.69) is 4.98 Å². The van der Waals surface area contributed by atoms with Gasteiger partial charge in [-0.3, -0.25) is 9.69 Å².